The van der Waals surface area contributed by atoms with Crippen LogP contribution in [0.25, 0.3) is 0 Å². The molecule has 0 amide bonds. The molecule has 12 heavy (non-hydrogen) atoms. The van der Waals surface area contributed by atoms with Crippen LogP contribution in [0.15, 0.2) is 30.3 Å². The van der Waals surface area contributed by atoms with E-state index in [0.29, 0.717) is 0 Å². The van der Waals surface area contributed by atoms with Crippen molar-refractivity contribution in [3.8, 4) is 0 Å². The van der Waals surface area contributed by atoms with Gasteiger partial charge in [0.05, 0.1) is 0 Å². The van der Waals surface area contributed by atoms with Crippen LogP contribution in [0.3, 0.4) is 0 Å². The molecule has 0 heterocycles. The average molecular weight is 202 g/mol. The van der Waals surface area contributed by atoms with E-state index in [1.807, 2.05) is 18.2 Å². The third kappa shape index (κ3) is 14.0. The summed E-state index contributed by atoms with van der Waals surface area (Å²) < 4.78 is 16.6. The molecule has 0 N–H and O–H groups in total. The predicted molar refractivity (Wildman–Crippen MR) is 40.3 cm³/mol. The van der Waals surface area contributed by atoms with Crippen LogP contribution in [-0.4, -0.2) is 9.11 Å². The SMILES string of the molecule is Cc1ccccc1.[Na+].[Na+].[O-]S[O-]. The minimum atomic E-state index is -0.750. The zero-order chi connectivity index (χ0) is 7.82. The second-order valence-corrected chi connectivity index (χ2v) is 1.86. The standard InChI is InChI=1S/C7H8.2Na.H2O2S/c1-7-5-3-2-4-6-7;;;1-3-2/h2-6H,1H3;;;1-2H/q;2*+1;/p-2. The summed E-state index contributed by atoms with van der Waals surface area (Å²) in [5.41, 5.74) is 1.32. The van der Waals surface area contributed by atoms with Gasteiger partial charge in [-0.2, -0.15) is 0 Å². The molecule has 0 atom stereocenters. The Morgan fingerprint density at radius 3 is 1.50 bits per heavy atom. The topological polar surface area (TPSA) is 46.1 Å². The van der Waals surface area contributed by atoms with Gasteiger partial charge in [-0.15, -0.1) is 0 Å². The van der Waals surface area contributed by atoms with Crippen molar-refractivity contribution in [2.24, 2.45) is 0 Å². The van der Waals surface area contributed by atoms with Crippen molar-refractivity contribution in [1.29, 1.82) is 0 Å². The van der Waals surface area contributed by atoms with Crippen molar-refractivity contribution in [2.45, 2.75) is 6.92 Å². The largest absolute Gasteiger partial charge is 1.00 e. The third-order valence-electron chi connectivity index (χ3n) is 0.940. The third-order valence-corrected chi connectivity index (χ3v) is 0.940. The summed E-state index contributed by atoms with van der Waals surface area (Å²) >= 11 is -0.750. The molecule has 0 spiro atoms. The molecule has 0 aliphatic carbocycles. The average Bonchev–Trinajstić information content (AvgIpc) is 1.91. The van der Waals surface area contributed by atoms with Gasteiger partial charge in [0.2, 0.25) is 0 Å². The normalized spacial score (nSPS) is 6.58. The molecule has 1 aromatic carbocycles. The van der Waals surface area contributed by atoms with Crippen LogP contribution in [0.4, 0.5) is 0 Å². The molecule has 1 aromatic rings. The van der Waals surface area contributed by atoms with E-state index in [-0.39, 0.29) is 59.1 Å². The predicted octanol–water partition coefficient (Wildman–Crippen LogP) is -4.02. The second-order valence-electron chi connectivity index (χ2n) is 1.72. The van der Waals surface area contributed by atoms with Gasteiger partial charge >= 0.3 is 59.1 Å². The number of hydrogen-bond donors (Lipinski definition) is 0. The van der Waals surface area contributed by atoms with Gasteiger partial charge in [-0.25, -0.2) is 0 Å². The first-order valence-electron chi connectivity index (χ1n) is 2.74. The maximum atomic E-state index is 8.29. The van der Waals surface area contributed by atoms with Crippen molar-refractivity contribution >= 4 is 12.3 Å². The van der Waals surface area contributed by atoms with Crippen LogP contribution < -0.4 is 59.1 Å². The molecule has 0 aliphatic rings. The zero-order valence-corrected chi connectivity index (χ0v) is 12.4. The van der Waals surface area contributed by atoms with Crippen LogP contribution in [0, 0.1) is 6.92 Å². The molecule has 2 nitrogen and oxygen atoms in total. The Morgan fingerprint density at radius 1 is 1.00 bits per heavy atom. The van der Waals surface area contributed by atoms with E-state index in [9.17, 15) is 0 Å². The maximum Gasteiger partial charge on any atom is 1.00 e. The fraction of sp³-hybridized carbons (Fsp3) is 0.143. The van der Waals surface area contributed by atoms with E-state index in [4.69, 9.17) is 9.11 Å². The molecule has 0 unspecified atom stereocenters. The molecule has 0 aliphatic heterocycles. The molecule has 1 rings (SSSR count). The Hall–Kier alpha value is 1.49. The van der Waals surface area contributed by atoms with Gasteiger partial charge < -0.3 is 21.4 Å². The summed E-state index contributed by atoms with van der Waals surface area (Å²) in [4.78, 5) is 0. The Morgan fingerprint density at radius 2 is 1.33 bits per heavy atom. The fourth-order valence-corrected chi connectivity index (χ4v) is 0.534. The van der Waals surface area contributed by atoms with Gasteiger partial charge in [-0.3, -0.25) is 0 Å². The van der Waals surface area contributed by atoms with Crippen LogP contribution >= 0.6 is 12.3 Å². The first-order valence-corrected chi connectivity index (χ1v) is 3.41. The van der Waals surface area contributed by atoms with Crippen LogP contribution in [0.5, 0.6) is 0 Å². The van der Waals surface area contributed by atoms with Crippen LogP contribution in [0.2, 0.25) is 0 Å². The van der Waals surface area contributed by atoms with Crippen LogP contribution in [0.1, 0.15) is 5.56 Å². The van der Waals surface area contributed by atoms with Gasteiger partial charge in [-0.1, -0.05) is 35.9 Å². The van der Waals surface area contributed by atoms with Gasteiger partial charge in [-0.05, 0) is 6.92 Å². The maximum absolute atomic E-state index is 8.29. The Bertz CT molecular complexity index is 161. The van der Waals surface area contributed by atoms with Gasteiger partial charge in [0.1, 0.15) is 0 Å². The van der Waals surface area contributed by atoms with Gasteiger partial charge in [0, 0.05) is 0 Å². The molecular weight excluding hydrogens is 194 g/mol. The molecule has 5 heteroatoms. The summed E-state index contributed by atoms with van der Waals surface area (Å²) in [5.74, 6) is 0. The van der Waals surface area contributed by atoms with E-state index >= 15 is 0 Å². The van der Waals surface area contributed by atoms with E-state index in [1.165, 1.54) is 5.56 Å². The van der Waals surface area contributed by atoms with Crippen molar-refractivity contribution in [3.05, 3.63) is 35.9 Å². The smallest absolute Gasteiger partial charge is 0.811 e. The minimum absolute atomic E-state index is 0. The van der Waals surface area contributed by atoms with Crippen molar-refractivity contribution in [2.75, 3.05) is 0 Å². The number of benzene rings is 1. The van der Waals surface area contributed by atoms with Crippen molar-refractivity contribution in [1.82, 2.24) is 0 Å². The van der Waals surface area contributed by atoms with E-state index < -0.39 is 12.3 Å². The van der Waals surface area contributed by atoms with Crippen molar-refractivity contribution in [3.63, 3.8) is 0 Å². The summed E-state index contributed by atoms with van der Waals surface area (Å²) in [6.45, 7) is 2.08. The summed E-state index contributed by atoms with van der Waals surface area (Å²) in [5, 5.41) is 0. The molecular formula is C7H8Na2O2S. The number of hydrogen-bond acceptors (Lipinski definition) is 3. The summed E-state index contributed by atoms with van der Waals surface area (Å²) in [6, 6.07) is 10.3. The zero-order valence-electron chi connectivity index (χ0n) is 7.61. The fourth-order valence-electron chi connectivity index (χ4n) is 0.534. The van der Waals surface area contributed by atoms with Crippen LogP contribution in [-0.2, 0) is 0 Å². The first kappa shape index (κ1) is 19.1. The molecule has 0 fully saturated rings. The molecule has 0 saturated heterocycles. The summed E-state index contributed by atoms with van der Waals surface area (Å²) in [7, 11) is 0. The van der Waals surface area contributed by atoms with Gasteiger partial charge in [0.15, 0.2) is 0 Å². The Balaban J connectivity index is -0.000000146. The van der Waals surface area contributed by atoms with E-state index in [0.717, 1.165) is 0 Å². The second kappa shape index (κ2) is 15.0. The summed E-state index contributed by atoms with van der Waals surface area (Å²) in [6.07, 6.45) is 0. The molecule has 0 saturated carbocycles. The van der Waals surface area contributed by atoms with Gasteiger partial charge in [0.25, 0.3) is 0 Å². The molecule has 0 radical (unpaired) electrons. The van der Waals surface area contributed by atoms with E-state index in [2.05, 4.69) is 19.1 Å². The quantitative estimate of drug-likeness (QED) is 0.318. The molecule has 0 aromatic heterocycles. The number of rotatable bonds is 0. The van der Waals surface area contributed by atoms with Crippen molar-refractivity contribution < 1.29 is 68.2 Å². The number of aryl methyl sites for hydroxylation is 1. The Labute approximate surface area is 122 Å². The first-order chi connectivity index (χ1) is 4.81. The molecule has 56 valence electrons. The molecule has 0 bridgehead atoms. The minimum Gasteiger partial charge on any atom is -0.811 e. The van der Waals surface area contributed by atoms with E-state index in [1.54, 1.807) is 0 Å². The monoisotopic (exact) mass is 202 g/mol. The Kier molecular flexibility index (Phi) is 23.9.